The molecule has 0 aliphatic rings. The van der Waals surface area contributed by atoms with E-state index < -0.39 is 0 Å². The van der Waals surface area contributed by atoms with Crippen LogP contribution in [0, 0.1) is 5.21 Å². The zero-order valence-corrected chi connectivity index (χ0v) is 7.89. The molecule has 0 spiro atoms. The van der Waals surface area contributed by atoms with Crippen LogP contribution in [0.5, 0.6) is 0 Å². The monoisotopic (exact) mass is 191 g/mol. The molecule has 0 unspecified atom stereocenters. The summed E-state index contributed by atoms with van der Waals surface area (Å²) in [5.41, 5.74) is 0. The van der Waals surface area contributed by atoms with Crippen molar-refractivity contribution < 1.29 is 15.3 Å². The Morgan fingerprint density at radius 1 is 1.31 bits per heavy atom. The zero-order chi connectivity index (χ0) is 10.1. The van der Waals surface area contributed by atoms with Crippen LogP contribution >= 0.6 is 0 Å². The maximum atomic E-state index is 10.6. The van der Waals surface area contributed by atoms with E-state index in [-0.39, 0.29) is 11.6 Å². The zero-order valence-electron chi connectivity index (χ0n) is 7.89. The van der Waals surface area contributed by atoms with Crippen LogP contribution in [0.1, 0.15) is 25.7 Å². The lowest BCUT2D eigenvalue weighted by Crippen LogP contribution is -2.27. The molecular weight excluding hydrogens is 174 g/mol. The van der Waals surface area contributed by atoms with E-state index in [4.69, 9.17) is 10.3 Å². The first-order chi connectivity index (χ1) is 6.22. The second kappa shape index (κ2) is 7.60. The normalized spacial score (nSPS) is 11.7. The van der Waals surface area contributed by atoms with Gasteiger partial charge in [-0.3, -0.25) is 0 Å². The smallest absolute Gasteiger partial charge is 0.230 e. The largest absolute Gasteiger partial charge is 0.569 e. The first-order valence-electron chi connectivity index (χ1n) is 4.36. The molecule has 0 aliphatic carbocycles. The lowest BCUT2D eigenvalue weighted by molar-refractivity contribution is -0.704. The van der Waals surface area contributed by atoms with Crippen molar-refractivity contribution in [1.82, 2.24) is 5.01 Å². The van der Waals surface area contributed by atoms with Gasteiger partial charge in [-0.25, -0.2) is 0 Å². The second-order valence-electron chi connectivity index (χ2n) is 2.86. The number of aliphatic hydroxyl groups is 1. The van der Waals surface area contributed by atoms with Crippen molar-refractivity contribution in [2.24, 2.45) is 5.28 Å². The summed E-state index contributed by atoms with van der Waals surface area (Å²) in [5.74, 6) is 0. The maximum Gasteiger partial charge on any atom is 0.230 e. The minimum Gasteiger partial charge on any atom is -0.569 e. The molecule has 0 bridgehead atoms. The van der Waals surface area contributed by atoms with E-state index in [9.17, 15) is 5.21 Å². The summed E-state index contributed by atoms with van der Waals surface area (Å²) in [6.45, 7) is 0.772. The number of hydrogen-bond acceptors (Lipinski definition) is 3. The second-order valence-corrected chi connectivity index (χ2v) is 2.86. The highest BCUT2D eigenvalue weighted by molar-refractivity contribution is 4.43. The molecule has 0 fully saturated rings. The van der Waals surface area contributed by atoms with Gasteiger partial charge < -0.3 is 15.5 Å². The highest BCUT2D eigenvalue weighted by atomic mass is 16.6. The molecule has 0 aromatic heterocycles. The third-order valence-corrected chi connectivity index (χ3v) is 1.76. The van der Waals surface area contributed by atoms with Crippen LogP contribution in [0.3, 0.4) is 0 Å². The van der Waals surface area contributed by atoms with Crippen molar-refractivity contribution in [3.8, 4) is 0 Å². The van der Waals surface area contributed by atoms with Gasteiger partial charge in [-0.2, -0.15) is 0 Å². The van der Waals surface area contributed by atoms with E-state index in [2.05, 4.69) is 5.28 Å². The molecule has 0 heterocycles. The highest BCUT2D eigenvalue weighted by Crippen LogP contribution is 2.00. The molecule has 6 nitrogen and oxygen atoms in total. The molecule has 0 atom stereocenters. The van der Waals surface area contributed by atoms with E-state index in [0.29, 0.717) is 6.54 Å². The minimum atomic E-state index is 0.145. The predicted octanol–water partition coefficient (Wildman–Crippen LogP) is 0.738. The molecule has 78 valence electrons. The third-order valence-electron chi connectivity index (χ3n) is 1.76. The van der Waals surface area contributed by atoms with Crippen molar-refractivity contribution >= 4 is 0 Å². The van der Waals surface area contributed by atoms with E-state index in [1.165, 1.54) is 5.01 Å². The van der Waals surface area contributed by atoms with Gasteiger partial charge in [0.05, 0.1) is 18.6 Å². The van der Waals surface area contributed by atoms with Crippen molar-refractivity contribution in [3.63, 3.8) is 0 Å². The molecule has 13 heavy (non-hydrogen) atoms. The summed E-state index contributed by atoms with van der Waals surface area (Å²) in [6, 6.07) is 0. The fourth-order valence-corrected chi connectivity index (χ4v) is 0.960. The lowest BCUT2D eigenvalue weighted by atomic mass is 10.2. The Labute approximate surface area is 77.6 Å². The Balaban J connectivity index is 3.32. The fourth-order valence-electron chi connectivity index (χ4n) is 0.960. The van der Waals surface area contributed by atoms with Crippen LogP contribution in [0.15, 0.2) is 5.28 Å². The molecule has 2 N–H and O–H groups in total. The molecule has 0 aromatic carbocycles. The molecule has 0 rings (SSSR count). The van der Waals surface area contributed by atoms with Gasteiger partial charge in [0.15, 0.2) is 0 Å². The van der Waals surface area contributed by atoms with Gasteiger partial charge in [-0.15, -0.1) is 5.01 Å². The number of nitrogens with zero attached hydrogens (tertiary/aromatic N) is 3. The van der Waals surface area contributed by atoms with Crippen LogP contribution in [0.4, 0.5) is 0 Å². The maximum absolute atomic E-state index is 10.6. The average Bonchev–Trinajstić information content (AvgIpc) is 2.16. The molecule has 0 aromatic rings. The van der Waals surface area contributed by atoms with E-state index in [1.54, 1.807) is 7.05 Å². The Hall–Kier alpha value is -1.04. The number of rotatable bonds is 7. The van der Waals surface area contributed by atoms with Gasteiger partial charge >= 0.3 is 0 Å². The third kappa shape index (κ3) is 6.15. The van der Waals surface area contributed by atoms with E-state index in [0.717, 1.165) is 25.7 Å². The first kappa shape index (κ1) is 12.0. The van der Waals surface area contributed by atoms with Crippen LogP contribution in [0.25, 0.3) is 0 Å². The van der Waals surface area contributed by atoms with Gasteiger partial charge in [0.25, 0.3) is 0 Å². The Bertz CT molecular complexity index is 152. The predicted molar refractivity (Wildman–Crippen MR) is 46.0 cm³/mol. The van der Waals surface area contributed by atoms with Crippen LogP contribution in [0.2, 0.25) is 0 Å². The van der Waals surface area contributed by atoms with Gasteiger partial charge in [0.1, 0.15) is 0 Å². The number of unbranched alkanes of at least 4 members (excludes halogenated alkanes) is 3. The van der Waals surface area contributed by atoms with Crippen LogP contribution in [-0.4, -0.2) is 40.5 Å². The number of hydrazine groups is 1. The van der Waals surface area contributed by atoms with E-state index in [1.807, 2.05) is 0 Å². The summed E-state index contributed by atoms with van der Waals surface area (Å²) in [5, 5.41) is 31.0. The highest BCUT2D eigenvalue weighted by Gasteiger charge is 2.03. The fraction of sp³-hybridized carbons (Fsp3) is 1.00. The van der Waals surface area contributed by atoms with Gasteiger partial charge in [-0.1, -0.05) is 12.8 Å². The minimum absolute atomic E-state index is 0.145. The van der Waals surface area contributed by atoms with Crippen molar-refractivity contribution in [3.05, 3.63) is 5.21 Å². The summed E-state index contributed by atoms with van der Waals surface area (Å²) in [4.78, 5) is 0.145. The lowest BCUT2D eigenvalue weighted by Gasteiger charge is -2.11. The molecule has 0 saturated carbocycles. The molecule has 0 amide bonds. The Morgan fingerprint density at radius 3 is 2.46 bits per heavy atom. The molecule has 6 heteroatoms. The van der Waals surface area contributed by atoms with Gasteiger partial charge in [0.2, 0.25) is 5.28 Å². The summed E-state index contributed by atoms with van der Waals surface area (Å²) in [7, 11) is 1.55. The van der Waals surface area contributed by atoms with Crippen molar-refractivity contribution in [1.29, 1.82) is 0 Å². The SMILES string of the molecule is CN(CCCCCCO)[N+]([O-])=NO. The van der Waals surface area contributed by atoms with Gasteiger partial charge in [-0.05, 0) is 12.8 Å². The van der Waals surface area contributed by atoms with Crippen molar-refractivity contribution in [2.75, 3.05) is 20.2 Å². The molecule has 0 aliphatic heterocycles. The quantitative estimate of drug-likeness (QED) is 0.269. The number of aliphatic hydroxyl groups excluding tert-OH is 1. The average molecular weight is 191 g/mol. The summed E-state index contributed by atoms with van der Waals surface area (Å²) < 4.78 is 0. The summed E-state index contributed by atoms with van der Waals surface area (Å²) >= 11 is 0. The number of hydrogen-bond donors (Lipinski definition) is 2. The first-order valence-corrected chi connectivity index (χ1v) is 4.36. The Kier molecular flexibility index (Phi) is 6.99. The van der Waals surface area contributed by atoms with Gasteiger partial charge in [0, 0.05) is 6.61 Å². The standard InChI is InChI=1S/C7H17N3O3/c1-9(10(13)8-12)6-4-2-3-5-7-11/h11-12H,2-7H2,1H3. The van der Waals surface area contributed by atoms with Crippen LogP contribution in [-0.2, 0) is 0 Å². The molecule has 0 radical (unpaired) electrons. The molecule has 0 saturated heterocycles. The summed E-state index contributed by atoms with van der Waals surface area (Å²) in [6.07, 6.45) is 3.57. The topological polar surface area (TPSA) is 82.1 Å². The van der Waals surface area contributed by atoms with E-state index >= 15 is 0 Å². The Morgan fingerprint density at radius 2 is 1.92 bits per heavy atom. The van der Waals surface area contributed by atoms with Crippen molar-refractivity contribution in [2.45, 2.75) is 25.7 Å². The van der Waals surface area contributed by atoms with Crippen LogP contribution < -0.4 is 0 Å². The molecular formula is C7H17N3O3.